The van der Waals surface area contributed by atoms with Gasteiger partial charge in [-0.05, 0) is 55.3 Å². The number of hydrogen-bond acceptors (Lipinski definition) is 4. The van der Waals surface area contributed by atoms with E-state index in [-0.39, 0.29) is 16.3 Å². The third-order valence-corrected chi connectivity index (χ3v) is 3.94. The Morgan fingerprint density at radius 1 is 0.920 bits per heavy atom. The van der Waals surface area contributed by atoms with E-state index in [0.29, 0.717) is 5.69 Å². The summed E-state index contributed by atoms with van der Waals surface area (Å²) in [4.78, 5) is 35.7. The fourth-order valence-electron chi connectivity index (χ4n) is 2.05. The van der Waals surface area contributed by atoms with Crippen LogP contribution in [0.4, 0.5) is 11.4 Å². The zero-order chi connectivity index (χ0) is 18.6. The summed E-state index contributed by atoms with van der Waals surface area (Å²) in [5, 5.41) is 5.09. The van der Waals surface area contributed by atoms with Crippen LogP contribution in [0.1, 0.15) is 21.5 Å². The molecule has 0 saturated carbocycles. The van der Waals surface area contributed by atoms with Crippen molar-refractivity contribution in [2.45, 2.75) is 13.8 Å². The number of benzene rings is 2. The Balaban J connectivity index is 2.11. The normalized spacial score (nSPS) is 10.1. The summed E-state index contributed by atoms with van der Waals surface area (Å²) in [7, 11) is 1.24. The number of carbonyl (C=O) groups excluding carboxylic acids is 3. The van der Waals surface area contributed by atoms with E-state index in [1.54, 1.807) is 12.1 Å². The van der Waals surface area contributed by atoms with E-state index in [2.05, 4.69) is 15.4 Å². The van der Waals surface area contributed by atoms with Gasteiger partial charge in [-0.2, -0.15) is 0 Å². The van der Waals surface area contributed by atoms with E-state index in [0.717, 1.165) is 11.1 Å². The summed E-state index contributed by atoms with van der Waals surface area (Å²) in [6.07, 6.45) is 0. The number of aryl methyl sites for hydroxylation is 2. The van der Waals surface area contributed by atoms with Gasteiger partial charge in [0.05, 0.1) is 23.4 Å². The van der Waals surface area contributed by atoms with E-state index in [4.69, 9.17) is 11.6 Å². The Kier molecular flexibility index (Phi) is 5.77. The molecule has 0 bridgehead atoms. The number of rotatable bonds is 3. The molecule has 0 aliphatic heterocycles. The van der Waals surface area contributed by atoms with E-state index in [1.165, 1.54) is 25.3 Å². The fourth-order valence-corrected chi connectivity index (χ4v) is 2.22. The van der Waals surface area contributed by atoms with Crippen molar-refractivity contribution in [2.24, 2.45) is 0 Å². The quantitative estimate of drug-likeness (QED) is 0.649. The molecular formula is C18H17ClN2O4. The van der Waals surface area contributed by atoms with E-state index in [9.17, 15) is 14.4 Å². The van der Waals surface area contributed by atoms with Gasteiger partial charge in [-0.15, -0.1) is 0 Å². The monoisotopic (exact) mass is 360 g/mol. The number of hydrogen-bond donors (Lipinski definition) is 2. The summed E-state index contributed by atoms with van der Waals surface area (Å²) < 4.78 is 4.61. The molecule has 0 fully saturated rings. The lowest BCUT2D eigenvalue weighted by atomic mass is 10.1. The van der Waals surface area contributed by atoms with Gasteiger partial charge < -0.3 is 15.4 Å². The van der Waals surface area contributed by atoms with Crippen molar-refractivity contribution in [2.75, 3.05) is 17.7 Å². The second-order valence-electron chi connectivity index (χ2n) is 5.39. The second-order valence-corrected chi connectivity index (χ2v) is 5.80. The molecule has 0 saturated heterocycles. The van der Waals surface area contributed by atoms with Crippen molar-refractivity contribution in [1.82, 2.24) is 0 Å². The van der Waals surface area contributed by atoms with Crippen LogP contribution in [0.15, 0.2) is 36.4 Å². The zero-order valence-corrected chi connectivity index (χ0v) is 14.7. The van der Waals surface area contributed by atoms with Gasteiger partial charge in [0.15, 0.2) is 0 Å². The van der Waals surface area contributed by atoms with Gasteiger partial charge in [0.2, 0.25) is 0 Å². The average Bonchev–Trinajstić information content (AvgIpc) is 2.59. The first-order valence-electron chi connectivity index (χ1n) is 7.39. The molecule has 0 spiro atoms. The molecule has 0 aliphatic rings. The molecule has 0 aromatic heterocycles. The van der Waals surface area contributed by atoms with Crippen molar-refractivity contribution in [1.29, 1.82) is 0 Å². The van der Waals surface area contributed by atoms with Crippen LogP contribution >= 0.6 is 11.6 Å². The molecule has 0 atom stereocenters. The number of carbonyl (C=O) groups is 3. The summed E-state index contributed by atoms with van der Waals surface area (Å²) in [6, 6.07) is 9.56. The molecule has 130 valence electrons. The summed E-state index contributed by atoms with van der Waals surface area (Å²) in [5.74, 6) is -2.32. The molecule has 7 heteroatoms. The Labute approximate surface area is 150 Å². The van der Waals surface area contributed by atoms with E-state index in [1.807, 2.05) is 19.9 Å². The van der Waals surface area contributed by atoms with Crippen molar-refractivity contribution in [3.8, 4) is 0 Å². The molecule has 25 heavy (non-hydrogen) atoms. The highest BCUT2D eigenvalue weighted by atomic mass is 35.5. The number of halogens is 1. The number of esters is 1. The van der Waals surface area contributed by atoms with Gasteiger partial charge in [-0.1, -0.05) is 17.7 Å². The van der Waals surface area contributed by atoms with Gasteiger partial charge in [0, 0.05) is 5.69 Å². The molecule has 2 aromatic carbocycles. The molecule has 0 radical (unpaired) electrons. The topological polar surface area (TPSA) is 84.5 Å². The standard InChI is InChI=1S/C18H17ClN2O4/c1-10-4-6-13(8-11(10)2)20-16(22)17(23)21-15-9-12(18(24)25-3)5-7-14(15)19/h4-9H,1-3H3,(H,20,22)(H,21,23). The first-order valence-corrected chi connectivity index (χ1v) is 7.77. The van der Waals surface area contributed by atoms with Crippen LogP contribution in [0.2, 0.25) is 5.02 Å². The number of amides is 2. The maximum absolute atomic E-state index is 12.1. The number of ether oxygens (including phenoxy) is 1. The molecule has 2 aromatic rings. The number of methoxy groups -OCH3 is 1. The van der Waals surface area contributed by atoms with Gasteiger partial charge in [0.1, 0.15) is 0 Å². The first kappa shape index (κ1) is 18.5. The molecular weight excluding hydrogens is 344 g/mol. The summed E-state index contributed by atoms with van der Waals surface area (Å²) in [6.45, 7) is 3.85. The molecule has 2 amide bonds. The molecule has 0 aliphatic carbocycles. The highest BCUT2D eigenvalue weighted by Gasteiger charge is 2.17. The lowest BCUT2D eigenvalue weighted by Gasteiger charge is -2.10. The minimum Gasteiger partial charge on any atom is -0.465 e. The minimum absolute atomic E-state index is 0.143. The van der Waals surface area contributed by atoms with Gasteiger partial charge >= 0.3 is 17.8 Å². The largest absolute Gasteiger partial charge is 0.465 e. The van der Waals surface area contributed by atoms with Crippen molar-refractivity contribution < 1.29 is 19.1 Å². The SMILES string of the molecule is COC(=O)c1ccc(Cl)c(NC(=O)C(=O)Nc2ccc(C)c(C)c2)c1. The van der Waals surface area contributed by atoms with Gasteiger partial charge in [-0.3, -0.25) is 9.59 Å². The Hall–Kier alpha value is -2.86. The van der Waals surface area contributed by atoms with Crippen molar-refractivity contribution >= 4 is 40.8 Å². The Morgan fingerprint density at radius 2 is 1.60 bits per heavy atom. The molecule has 0 heterocycles. The number of anilines is 2. The number of nitrogens with one attached hydrogen (secondary N) is 2. The fraction of sp³-hybridized carbons (Fsp3) is 0.167. The Morgan fingerprint density at radius 3 is 2.24 bits per heavy atom. The molecule has 0 unspecified atom stereocenters. The smallest absolute Gasteiger partial charge is 0.337 e. The summed E-state index contributed by atoms with van der Waals surface area (Å²) in [5.41, 5.74) is 2.93. The molecule has 6 nitrogen and oxygen atoms in total. The summed E-state index contributed by atoms with van der Waals surface area (Å²) >= 11 is 5.99. The molecule has 2 rings (SSSR count). The molecule has 2 N–H and O–H groups in total. The van der Waals surface area contributed by atoms with Gasteiger partial charge in [0.25, 0.3) is 0 Å². The van der Waals surface area contributed by atoms with Crippen LogP contribution in [0, 0.1) is 13.8 Å². The third kappa shape index (κ3) is 4.58. The first-order chi connectivity index (χ1) is 11.8. The van der Waals surface area contributed by atoms with Crippen LogP contribution in [0.3, 0.4) is 0 Å². The van der Waals surface area contributed by atoms with Crippen LogP contribution in [-0.4, -0.2) is 24.9 Å². The average molecular weight is 361 g/mol. The minimum atomic E-state index is -0.901. The van der Waals surface area contributed by atoms with E-state index >= 15 is 0 Å². The Bertz CT molecular complexity index is 849. The highest BCUT2D eigenvalue weighted by Crippen LogP contribution is 2.23. The van der Waals surface area contributed by atoms with Crippen LogP contribution in [0.25, 0.3) is 0 Å². The lowest BCUT2D eigenvalue weighted by molar-refractivity contribution is -0.132. The lowest BCUT2D eigenvalue weighted by Crippen LogP contribution is -2.29. The third-order valence-electron chi connectivity index (χ3n) is 3.61. The predicted molar refractivity (Wildman–Crippen MR) is 96.0 cm³/mol. The van der Waals surface area contributed by atoms with Crippen LogP contribution in [0.5, 0.6) is 0 Å². The maximum atomic E-state index is 12.1. The van der Waals surface area contributed by atoms with Gasteiger partial charge in [-0.25, -0.2) is 4.79 Å². The maximum Gasteiger partial charge on any atom is 0.337 e. The van der Waals surface area contributed by atoms with Crippen LogP contribution in [-0.2, 0) is 14.3 Å². The van der Waals surface area contributed by atoms with Crippen molar-refractivity contribution in [3.63, 3.8) is 0 Å². The van der Waals surface area contributed by atoms with E-state index < -0.39 is 17.8 Å². The predicted octanol–water partition coefficient (Wildman–Crippen LogP) is 3.32. The highest BCUT2D eigenvalue weighted by molar-refractivity contribution is 6.44. The zero-order valence-electron chi connectivity index (χ0n) is 14.0. The van der Waals surface area contributed by atoms with Crippen LogP contribution < -0.4 is 10.6 Å². The van der Waals surface area contributed by atoms with Crippen molar-refractivity contribution in [3.05, 3.63) is 58.1 Å². The second kappa shape index (κ2) is 7.81.